The third-order valence-electron chi connectivity index (χ3n) is 2.37. The summed E-state index contributed by atoms with van der Waals surface area (Å²) in [7, 11) is 1.91. The first-order valence-corrected chi connectivity index (χ1v) is 5.51. The standard InChI is InChI=1S/C12H17NO3/c1-13-4-5-14-9-10-2-3-11-12(8-10)16-7-6-15-11/h2-3,8,13H,4-7,9H2,1H3. The zero-order valence-electron chi connectivity index (χ0n) is 9.49. The molecule has 4 nitrogen and oxygen atoms in total. The molecule has 88 valence electrons. The molecule has 0 bridgehead atoms. The SMILES string of the molecule is CNCCOCc1ccc2c(c1)OCCO2. The van der Waals surface area contributed by atoms with Gasteiger partial charge in [-0.1, -0.05) is 6.07 Å². The highest BCUT2D eigenvalue weighted by atomic mass is 16.6. The summed E-state index contributed by atoms with van der Waals surface area (Å²) in [5.74, 6) is 1.64. The topological polar surface area (TPSA) is 39.7 Å². The second-order valence-electron chi connectivity index (χ2n) is 3.63. The van der Waals surface area contributed by atoms with Crippen molar-refractivity contribution in [3.8, 4) is 11.5 Å². The Kier molecular flexibility index (Phi) is 4.02. The Morgan fingerprint density at radius 3 is 2.88 bits per heavy atom. The Labute approximate surface area is 95.5 Å². The van der Waals surface area contributed by atoms with Gasteiger partial charge >= 0.3 is 0 Å². The van der Waals surface area contributed by atoms with Crippen LogP contribution in [0.2, 0.25) is 0 Å². The lowest BCUT2D eigenvalue weighted by Gasteiger charge is -2.18. The molecule has 0 spiro atoms. The first-order valence-electron chi connectivity index (χ1n) is 5.51. The van der Waals surface area contributed by atoms with Gasteiger partial charge in [-0.3, -0.25) is 0 Å². The summed E-state index contributed by atoms with van der Waals surface area (Å²) in [5, 5.41) is 3.03. The number of rotatable bonds is 5. The molecule has 2 rings (SSSR count). The molecule has 0 amide bonds. The van der Waals surface area contributed by atoms with Crippen LogP contribution in [-0.2, 0) is 11.3 Å². The van der Waals surface area contributed by atoms with E-state index in [1.54, 1.807) is 0 Å². The van der Waals surface area contributed by atoms with Crippen LogP contribution < -0.4 is 14.8 Å². The monoisotopic (exact) mass is 223 g/mol. The maximum atomic E-state index is 5.50. The molecule has 1 aliphatic heterocycles. The zero-order valence-corrected chi connectivity index (χ0v) is 9.49. The van der Waals surface area contributed by atoms with Crippen LogP contribution in [0.15, 0.2) is 18.2 Å². The van der Waals surface area contributed by atoms with Gasteiger partial charge in [0.05, 0.1) is 13.2 Å². The number of benzene rings is 1. The van der Waals surface area contributed by atoms with Crippen molar-refractivity contribution in [1.82, 2.24) is 5.32 Å². The van der Waals surface area contributed by atoms with Crippen molar-refractivity contribution in [2.45, 2.75) is 6.61 Å². The summed E-state index contributed by atoms with van der Waals surface area (Å²) < 4.78 is 16.4. The summed E-state index contributed by atoms with van der Waals surface area (Å²) in [6.45, 7) is 3.44. The van der Waals surface area contributed by atoms with Crippen LogP contribution in [0.25, 0.3) is 0 Å². The lowest BCUT2D eigenvalue weighted by atomic mass is 10.2. The van der Waals surface area contributed by atoms with Gasteiger partial charge in [-0.2, -0.15) is 0 Å². The van der Waals surface area contributed by atoms with Gasteiger partial charge in [0.2, 0.25) is 0 Å². The highest BCUT2D eigenvalue weighted by Crippen LogP contribution is 2.30. The molecule has 0 saturated carbocycles. The van der Waals surface area contributed by atoms with Gasteiger partial charge in [0.1, 0.15) is 13.2 Å². The smallest absolute Gasteiger partial charge is 0.161 e. The Morgan fingerprint density at radius 2 is 2.06 bits per heavy atom. The molecule has 1 aromatic rings. The maximum absolute atomic E-state index is 5.50. The number of hydrogen-bond acceptors (Lipinski definition) is 4. The molecular weight excluding hydrogens is 206 g/mol. The van der Waals surface area contributed by atoms with E-state index >= 15 is 0 Å². The molecule has 0 aromatic heterocycles. The molecule has 1 heterocycles. The maximum Gasteiger partial charge on any atom is 0.161 e. The van der Waals surface area contributed by atoms with E-state index in [-0.39, 0.29) is 0 Å². The van der Waals surface area contributed by atoms with E-state index < -0.39 is 0 Å². The van der Waals surface area contributed by atoms with E-state index in [1.165, 1.54) is 0 Å². The van der Waals surface area contributed by atoms with E-state index in [0.717, 1.165) is 23.6 Å². The van der Waals surface area contributed by atoms with Crippen molar-refractivity contribution < 1.29 is 14.2 Å². The van der Waals surface area contributed by atoms with E-state index in [0.29, 0.717) is 26.4 Å². The Morgan fingerprint density at radius 1 is 1.25 bits per heavy atom. The van der Waals surface area contributed by atoms with Gasteiger partial charge in [-0.25, -0.2) is 0 Å². The second kappa shape index (κ2) is 5.72. The van der Waals surface area contributed by atoms with Crippen LogP contribution in [0.3, 0.4) is 0 Å². The normalized spacial score (nSPS) is 13.8. The first kappa shape index (κ1) is 11.2. The third-order valence-corrected chi connectivity index (χ3v) is 2.37. The number of nitrogens with one attached hydrogen (secondary N) is 1. The van der Waals surface area contributed by atoms with Gasteiger partial charge in [0, 0.05) is 6.54 Å². The predicted octanol–water partition coefficient (Wildman–Crippen LogP) is 1.19. The molecule has 1 aromatic carbocycles. The van der Waals surface area contributed by atoms with Crippen molar-refractivity contribution in [3.63, 3.8) is 0 Å². The fourth-order valence-electron chi connectivity index (χ4n) is 1.54. The molecule has 0 radical (unpaired) electrons. The third kappa shape index (κ3) is 2.87. The first-order chi connectivity index (χ1) is 7.90. The minimum absolute atomic E-state index is 0.609. The van der Waals surface area contributed by atoms with Crippen molar-refractivity contribution in [1.29, 1.82) is 0 Å². The second-order valence-corrected chi connectivity index (χ2v) is 3.63. The van der Waals surface area contributed by atoms with E-state index in [1.807, 2.05) is 25.2 Å². The highest BCUT2D eigenvalue weighted by molar-refractivity contribution is 5.43. The molecule has 16 heavy (non-hydrogen) atoms. The minimum atomic E-state index is 0.609. The van der Waals surface area contributed by atoms with Crippen LogP contribution in [0.1, 0.15) is 5.56 Å². The zero-order chi connectivity index (χ0) is 11.2. The molecule has 0 unspecified atom stereocenters. The van der Waals surface area contributed by atoms with Crippen molar-refractivity contribution in [2.75, 3.05) is 33.4 Å². The van der Waals surface area contributed by atoms with Crippen LogP contribution in [0.4, 0.5) is 0 Å². The summed E-state index contributed by atoms with van der Waals surface area (Å²) in [6, 6.07) is 5.92. The van der Waals surface area contributed by atoms with Crippen LogP contribution in [0, 0.1) is 0 Å². The lowest BCUT2D eigenvalue weighted by molar-refractivity contribution is 0.123. The number of ether oxygens (including phenoxy) is 3. The summed E-state index contributed by atoms with van der Waals surface area (Å²) in [4.78, 5) is 0. The van der Waals surface area contributed by atoms with Crippen LogP contribution >= 0.6 is 0 Å². The summed E-state index contributed by atoms with van der Waals surface area (Å²) in [6.07, 6.45) is 0. The average molecular weight is 223 g/mol. The van der Waals surface area contributed by atoms with Gasteiger partial charge < -0.3 is 19.5 Å². The van der Waals surface area contributed by atoms with Crippen molar-refractivity contribution in [2.24, 2.45) is 0 Å². The quantitative estimate of drug-likeness (QED) is 0.761. The van der Waals surface area contributed by atoms with E-state index in [9.17, 15) is 0 Å². The number of hydrogen-bond donors (Lipinski definition) is 1. The van der Waals surface area contributed by atoms with Gasteiger partial charge in [-0.05, 0) is 24.7 Å². The lowest BCUT2D eigenvalue weighted by Crippen LogP contribution is -2.16. The Bertz CT molecular complexity index is 341. The highest BCUT2D eigenvalue weighted by Gasteiger charge is 2.11. The molecule has 1 N–H and O–H groups in total. The molecule has 4 heteroatoms. The molecule has 0 aliphatic carbocycles. The largest absolute Gasteiger partial charge is 0.486 e. The number of fused-ring (bicyclic) bond motifs is 1. The summed E-state index contributed by atoms with van der Waals surface area (Å²) >= 11 is 0. The van der Waals surface area contributed by atoms with Crippen molar-refractivity contribution >= 4 is 0 Å². The van der Waals surface area contributed by atoms with E-state index in [4.69, 9.17) is 14.2 Å². The number of likely N-dealkylation sites (N-methyl/N-ethyl adjacent to an activating group) is 1. The predicted molar refractivity (Wildman–Crippen MR) is 61.0 cm³/mol. The fourth-order valence-corrected chi connectivity index (χ4v) is 1.54. The fraction of sp³-hybridized carbons (Fsp3) is 0.500. The van der Waals surface area contributed by atoms with Crippen LogP contribution in [0.5, 0.6) is 11.5 Å². The van der Waals surface area contributed by atoms with Crippen LogP contribution in [-0.4, -0.2) is 33.4 Å². The van der Waals surface area contributed by atoms with Gasteiger partial charge in [0.15, 0.2) is 11.5 Å². The molecule has 0 atom stereocenters. The summed E-state index contributed by atoms with van der Waals surface area (Å²) in [5.41, 5.74) is 1.11. The van der Waals surface area contributed by atoms with Crippen molar-refractivity contribution in [3.05, 3.63) is 23.8 Å². The molecule has 1 aliphatic rings. The Balaban J connectivity index is 1.90. The van der Waals surface area contributed by atoms with E-state index in [2.05, 4.69) is 5.32 Å². The minimum Gasteiger partial charge on any atom is -0.486 e. The Hall–Kier alpha value is -1.26. The molecule has 0 saturated heterocycles. The van der Waals surface area contributed by atoms with Gasteiger partial charge in [0.25, 0.3) is 0 Å². The average Bonchev–Trinajstić information content (AvgIpc) is 2.34. The molecule has 0 fully saturated rings. The van der Waals surface area contributed by atoms with Gasteiger partial charge in [-0.15, -0.1) is 0 Å². The molecular formula is C12H17NO3.